The van der Waals surface area contributed by atoms with E-state index in [9.17, 15) is 9.90 Å². The third-order valence-corrected chi connectivity index (χ3v) is 4.45. The average Bonchev–Trinajstić information content (AvgIpc) is 3.02. The highest BCUT2D eigenvalue weighted by Gasteiger charge is 2.30. The van der Waals surface area contributed by atoms with E-state index in [-0.39, 0.29) is 11.8 Å². The van der Waals surface area contributed by atoms with Gasteiger partial charge in [-0.3, -0.25) is 4.79 Å². The molecule has 108 valence electrons. The first-order valence-electron chi connectivity index (χ1n) is 7.39. The lowest BCUT2D eigenvalue weighted by Crippen LogP contribution is -2.41. The van der Waals surface area contributed by atoms with Crippen LogP contribution in [0.3, 0.4) is 0 Å². The number of aromatic hydroxyl groups is 1. The van der Waals surface area contributed by atoms with Crippen molar-refractivity contribution < 1.29 is 14.6 Å². The summed E-state index contributed by atoms with van der Waals surface area (Å²) in [4.78, 5) is 14.3. The van der Waals surface area contributed by atoms with Crippen molar-refractivity contribution in [3.05, 3.63) is 29.8 Å². The largest absolute Gasteiger partial charge is 0.508 e. The zero-order valence-electron chi connectivity index (χ0n) is 11.6. The molecule has 1 amide bonds. The van der Waals surface area contributed by atoms with Crippen LogP contribution in [-0.2, 0) is 9.53 Å². The first-order chi connectivity index (χ1) is 9.74. The molecule has 0 bridgehead atoms. The Hall–Kier alpha value is -1.55. The van der Waals surface area contributed by atoms with Crippen LogP contribution in [0, 0.1) is 5.92 Å². The Balaban J connectivity index is 1.56. The number of piperidine rings is 1. The molecule has 0 spiro atoms. The lowest BCUT2D eigenvalue weighted by molar-refractivity contribution is -0.136. The molecule has 2 aliphatic heterocycles. The van der Waals surface area contributed by atoms with Crippen molar-refractivity contribution >= 4 is 5.91 Å². The van der Waals surface area contributed by atoms with E-state index in [2.05, 4.69) is 0 Å². The third kappa shape index (κ3) is 2.80. The Morgan fingerprint density at radius 1 is 1.15 bits per heavy atom. The summed E-state index contributed by atoms with van der Waals surface area (Å²) >= 11 is 0. The molecule has 0 radical (unpaired) electrons. The van der Waals surface area contributed by atoms with Crippen LogP contribution in [0.5, 0.6) is 5.75 Å². The molecule has 4 heteroatoms. The molecule has 0 aliphatic carbocycles. The van der Waals surface area contributed by atoms with Gasteiger partial charge in [-0.2, -0.15) is 0 Å². The van der Waals surface area contributed by atoms with Crippen LogP contribution in [0.1, 0.15) is 30.7 Å². The van der Waals surface area contributed by atoms with Crippen LogP contribution in [-0.4, -0.2) is 42.2 Å². The molecular formula is C16H21NO3. The van der Waals surface area contributed by atoms with Crippen LogP contribution < -0.4 is 0 Å². The van der Waals surface area contributed by atoms with Gasteiger partial charge in [0.1, 0.15) is 5.75 Å². The maximum absolute atomic E-state index is 12.3. The maximum atomic E-state index is 12.3. The van der Waals surface area contributed by atoms with Crippen molar-refractivity contribution in [2.45, 2.75) is 25.2 Å². The summed E-state index contributed by atoms with van der Waals surface area (Å²) < 4.78 is 5.30. The van der Waals surface area contributed by atoms with E-state index >= 15 is 0 Å². The number of nitrogens with zero attached hydrogens (tertiary/aromatic N) is 1. The first kappa shape index (κ1) is 13.4. The quantitative estimate of drug-likeness (QED) is 0.899. The lowest BCUT2D eigenvalue weighted by Gasteiger charge is -2.33. The Morgan fingerprint density at radius 3 is 2.45 bits per heavy atom. The van der Waals surface area contributed by atoms with E-state index in [1.807, 2.05) is 17.0 Å². The molecule has 4 nitrogen and oxygen atoms in total. The molecular weight excluding hydrogens is 254 g/mol. The number of likely N-dealkylation sites (tertiary alicyclic amines) is 1. The van der Waals surface area contributed by atoms with Crippen molar-refractivity contribution in [1.29, 1.82) is 0 Å². The first-order valence-corrected chi connectivity index (χ1v) is 7.39. The van der Waals surface area contributed by atoms with Crippen LogP contribution in [0.25, 0.3) is 0 Å². The fourth-order valence-corrected chi connectivity index (χ4v) is 3.17. The van der Waals surface area contributed by atoms with Crippen molar-refractivity contribution in [1.82, 2.24) is 4.90 Å². The van der Waals surface area contributed by atoms with E-state index in [0.29, 0.717) is 18.3 Å². The highest BCUT2D eigenvalue weighted by atomic mass is 16.5. The van der Waals surface area contributed by atoms with Crippen LogP contribution in [0.15, 0.2) is 24.3 Å². The monoisotopic (exact) mass is 275 g/mol. The second-order valence-corrected chi connectivity index (χ2v) is 5.75. The molecule has 0 saturated carbocycles. The van der Waals surface area contributed by atoms with Gasteiger partial charge in [0.25, 0.3) is 0 Å². The van der Waals surface area contributed by atoms with Gasteiger partial charge >= 0.3 is 0 Å². The Kier molecular flexibility index (Phi) is 3.92. The minimum atomic E-state index is 0.0835. The molecule has 0 aromatic heterocycles. The second kappa shape index (κ2) is 5.83. The third-order valence-electron chi connectivity index (χ3n) is 4.45. The summed E-state index contributed by atoms with van der Waals surface area (Å²) in [6.45, 7) is 2.98. The van der Waals surface area contributed by atoms with Crippen LogP contribution >= 0.6 is 0 Å². The normalized spacial score (nSPS) is 24.0. The molecule has 20 heavy (non-hydrogen) atoms. The predicted molar refractivity (Wildman–Crippen MR) is 75.6 cm³/mol. The van der Waals surface area contributed by atoms with Gasteiger partial charge in [0, 0.05) is 19.7 Å². The number of carbonyl (C=O) groups excluding carboxylic acids is 1. The van der Waals surface area contributed by atoms with E-state index in [1.165, 1.54) is 5.56 Å². The Labute approximate surface area is 119 Å². The summed E-state index contributed by atoms with van der Waals surface area (Å²) in [6.07, 6.45) is 2.88. The summed E-state index contributed by atoms with van der Waals surface area (Å²) in [5.74, 6) is 1.16. The van der Waals surface area contributed by atoms with Gasteiger partial charge < -0.3 is 14.7 Å². The minimum absolute atomic E-state index is 0.0835. The topological polar surface area (TPSA) is 49.8 Å². The molecule has 1 aromatic carbocycles. The molecule has 3 rings (SSSR count). The molecule has 1 N–H and O–H groups in total. The smallest absolute Gasteiger partial charge is 0.228 e. The highest BCUT2D eigenvalue weighted by Crippen LogP contribution is 2.30. The van der Waals surface area contributed by atoms with Gasteiger partial charge in [0.2, 0.25) is 5.91 Å². The van der Waals surface area contributed by atoms with Crippen LogP contribution in [0.2, 0.25) is 0 Å². The van der Waals surface area contributed by atoms with Gasteiger partial charge in [-0.15, -0.1) is 0 Å². The van der Waals surface area contributed by atoms with E-state index in [4.69, 9.17) is 4.74 Å². The van der Waals surface area contributed by atoms with Gasteiger partial charge in [0.15, 0.2) is 0 Å². The number of carbonyl (C=O) groups is 1. The summed E-state index contributed by atoms with van der Waals surface area (Å²) in [5, 5.41) is 9.33. The molecule has 2 fully saturated rings. The van der Waals surface area contributed by atoms with Gasteiger partial charge in [-0.1, -0.05) is 12.1 Å². The number of ether oxygens (including phenoxy) is 1. The van der Waals surface area contributed by atoms with E-state index < -0.39 is 0 Å². The number of phenolic OH excluding ortho intramolecular Hbond substituents is 1. The molecule has 1 unspecified atom stereocenters. The molecule has 2 aliphatic rings. The predicted octanol–water partition coefficient (Wildman–Crippen LogP) is 2.13. The summed E-state index contributed by atoms with van der Waals surface area (Å²) in [5.41, 5.74) is 1.26. The van der Waals surface area contributed by atoms with Crippen molar-refractivity contribution in [2.24, 2.45) is 5.92 Å². The van der Waals surface area contributed by atoms with Crippen molar-refractivity contribution in [2.75, 3.05) is 26.3 Å². The number of rotatable bonds is 2. The maximum Gasteiger partial charge on any atom is 0.228 e. The fourth-order valence-electron chi connectivity index (χ4n) is 3.17. The molecule has 2 heterocycles. The zero-order valence-corrected chi connectivity index (χ0v) is 11.6. The van der Waals surface area contributed by atoms with Crippen molar-refractivity contribution in [3.8, 4) is 5.75 Å². The second-order valence-electron chi connectivity index (χ2n) is 5.75. The summed E-state index contributed by atoms with van der Waals surface area (Å²) in [6, 6.07) is 7.45. The highest BCUT2D eigenvalue weighted by molar-refractivity contribution is 5.79. The van der Waals surface area contributed by atoms with Gasteiger partial charge in [-0.25, -0.2) is 0 Å². The van der Waals surface area contributed by atoms with Crippen molar-refractivity contribution in [3.63, 3.8) is 0 Å². The number of phenols is 1. The molecule has 2 saturated heterocycles. The minimum Gasteiger partial charge on any atom is -0.508 e. The standard InChI is InChI=1S/C16H21NO3/c18-15-3-1-12(2-4-15)13-5-8-17(9-6-13)16(19)14-7-10-20-11-14/h1-4,13-14,18H,5-11H2. The fraction of sp³-hybridized carbons (Fsp3) is 0.562. The number of hydrogen-bond donors (Lipinski definition) is 1. The van der Waals surface area contributed by atoms with Crippen LogP contribution in [0.4, 0.5) is 0 Å². The average molecular weight is 275 g/mol. The van der Waals surface area contributed by atoms with E-state index in [0.717, 1.165) is 39.0 Å². The summed E-state index contributed by atoms with van der Waals surface area (Å²) in [7, 11) is 0. The number of benzene rings is 1. The van der Waals surface area contributed by atoms with E-state index in [1.54, 1.807) is 12.1 Å². The Bertz CT molecular complexity index is 457. The van der Waals surface area contributed by atoms with Gasteiger partial charge in [-0.05, 0) is 42.9 Å². The zero-order chi connectivity index (χ0) is 13.9. The van der Waals surface area contributed by atoms with Gasteiger partial charge in [0.05, 0.1) is 12.5 Å². The number of hydrogen-bond acceptors (Lipinski definition) is 3. The lowest BCUT2D eigenvalue weighted by atomic mass is 9.89. The SMILES string of the molecule is O=C(C1CCOC1)N1CCC(c2ccc(O)cc2)CC1. The Morgan fingerprint density at radius 2 is 1.85 bits per heavy atom. The molecule has 1 atom stereocenters. The molecule has 1 aromatic rings. The number of amides is 1.